The van der Waals surface area contributed by atoms with Crippen molar-refractivity contribution in [2.24, 2.45) is 0 Å². The Balaban J connectivity index is 1.90. The van der Waals surface area contributed by atoms with E-state index in [9.17, 15) is 19.2 Å². The standard InChI is InChI=1S/C22H32N4O6/c1-15(2)23-21(29)31-13-11-25(12-14-32-22(30)24-16(3)4)9-10-26-19(27)17-7-5-6-8-18(17)20(26)28/h5-8,15-16H,9-14H2,1-4H3,(H,23,29)(H,24,30). The van der Waals surface area contributed by atoms with Gasteiger partial charge in [-0.05, 0) is 39.8 Å². The monoisotopic (exact) mass is 448 g/mol. The van der Waals surface area contributed by atoms with Gasteiger partial charge in [0.05, 0.1) is 11.1 Å². The zero-order chi connectivity index (χ0) is 23.7. The van der Waals surface area contributed by atoms with Gasteiger partial charge in [0.1, 0.15) is 13.2 Å². The summed E-state index contributed by atoms with van der Waals surface area (Å²) in [5.74, 6) is -0.656. The summed E-state index contributed by atoms with van der Waals surface area (Å²) in [7, 11) is 0. The summed E-state index contributed by atoms with van der Waals surface area (Å²) in [6, 6.07) is 6.63. The third kappa shape index (κ3) is 7.52. The van der Waals surface area contributed by atoms with Crippen LogP contribution in [0.1, 0.15) is 48.4 Å². The second kappa shape index (κ2) is 12.0. The molecule has 0 aliphatic carbocycles. The Hall–Kier alpha value is -3.14. The molecular weight excluding hydrogens is 416 g/mol. The molecule has 0 unspecified atom stereocenters. The molecule has 0 spiro atoms. The van der Waals surface area contributed by atoms with Gasteiger partial charge in [-0.3, -0.25) is 19.4 Å². The fourth-order valence-corrected chi connectivity index (χ4v) is 3.11. The molecular formula is C22H32N4O6. The number of ether oxygens (including phenoxy) is 2. The maximum absolute atomic E-state index is 12.6. The summed E-state index contributed by atoms with van der Waals surface area (Å²) in [6.45, 7) is 8.75. The van der Waals surface area contributed by atoms with Gasteiger partial charge in [-0.1, -0.05) is 12.1 Å². The normalized spacial score (nSPS) is 13.0. The number of nitrogens with one attached hydrogen (secondary N) is 2. The fraction of sp³-hybridized carbons (Fsp3) is 0.545. The summed E-state index contributed by atoms with van der Waals surface area (Å²) in [4.78, 5) is 51.6. The Morgan fingerprint density at radius 2 is 1.28 bits per heavy atom. The van der Waals surface area contributed by atoms with Crippen LogP contribution in [-0.4, -0.2) is 85.3 Å². The molecule has 0 saturated carbocycles. The van der Waals surface area contributed by atoms with Crippen molar-refractivity contribution in [3.63, 3.8) is 0 Å². The number of hydrogen-bond donors (Lipinski definition) is 2. The van der Waals surface area contributed by atoms with E-state index in [1.807, 2.05) is 32.6 Å². The van der Waals surface area contributed by atoms with Gasteiger partial charge in [0.2, 0.25) is 0 Å². The quantitative estimate of drug-likeness (QED) is 0.496. The van der Waals surface area contributed by atoms with Crippen LogP contribution in [0.2, 0.25) is 0 Å². The lowest BCUT2D eigenvalue weighted by atomic mass is 10.1. The highest BCUT2D eigenvalue weighted by Gasteiger charge is 2.34. The van der Waals surface area contributed by atoms with Crippen molar-refractivity contribution >= 4 is 24.0 Å². The SMILES string of the molecule is CC(C)NC(=O)OCCN(CCOC(=O)NC(C)C)CCN1C(=O)c2ccccc2C1=O. The Labute approximate surface area is 188 Å². The number of imide groups is 1. The van der Waals surface area contributed by atoms with Gasteiger partial charge in [0.25, 0.3) is 11.8 Å². The van der Waals surface area contributed by atoms with E-state index >= 15 is 0 Å². The van der Waals surface area contributed by atoms with Gasteiger partial charge in [-0.25, -0.2) is 9.59 Å². The van der Waals surface area contributed by atoms with Crippen LogP contribution in [0.5, 0.6) is 0 Å². The van der Waals surface area contributed by atoms with Gasteiger partial charge in [-0.2, -0.15) is 0 Å². The molecule has 0 fully saturated rings. The van der Waals surface area contributed by atoms with Crippen LogP contribution in [0.25, 0.3) is 0 Å². The number of benzene rings is 1. The molecule has 4 amide bonds. The van der Waals surface area contributed by atoms with Crippen LogP contribution in [0.15, 0.2) is 24.3 Å². The van der Waals surface area contributed by atoms with Gasteiger partial charge >= 0.3 is 12.2 Å². The number of fused-ring (bicyclic) bond motifs is 1. The van der Waals surface area contributed by atoms with Gasteiger partial charge < -0.3 is 20.1 Å². The molecule has 32 heavy (non-hydrogen) atoms. The summed E-state index contributed by atoms with van der Waals surface area (Å²) in [5, 5.41) is 5.27. The number of rotatable bonds is 11. The minimum Gasteiger partial charge on any atom is -0.448 e. The first-order valence-electron chi connectivity index (χ1n) is 10.7. The van der Waals surface area contributed by atoms with Crippen molar-refractivity contribution < 1.29 is 28.7 Å². The maximum atomic E-state index is 12.6. The first-order chi connectivity index (χ1) is 15.2. The second-order valence-electron chi connectivity index (χ2n) is 8.02. The lowest BCUT2D eigenvalue weighted by Gasteiger charge is -2.24. The van der Waals surface area contributed by atoms with Crippen molar-refractivity contribution in [1.82, 2.24) is 20.4 Å². The van der Waals surface area contributed by atoms with Crippen molar-refractivity contribution in [3.8, 4) is 0 Å². The predicted octanol–water partition coefficient (Wildman–Crippen LogP) is 1.85. The summed E-state index contributed by atoms with van der Waals surface area (Å²) < 4.78 is 10.3. The molecule has 1 aromatic rings. The van der Waals surface area contributed by atoms with Crippen molar-refractivity contribution in [1.29, 1.82) is 0 Å². The molecule has 1 aliphatic heterocycles. The smallest absolute Gasteiger partial charge is 0.407 e. The van der Waals surface area contributed by atoms with E-state index in [0.717, 1.165) is 0 Å². The largest absolute Gasteiger partial charge is 0.448 e. The lowest BCUT2D eigenvalue weighted by Crippen LogP contribution is -2.42. The molecule has 10 nitrogen and oxygen atoms in total. The van der Waals surface area contributed by atoms with Crippen LogP contribution in [0, 0.1) is 0 Å². The Bertz CT molecular complexity index is 763. The third-order valence-corrected chi connectivity index (χ3v) is 4.61. The van der Waals surface area contributed by atoms with Gasteiger partial charge in [-0.15, -0.1) is 0 Å². The number of alkyl carbamates (subject to hydrolysis) is 2. The van der Waals surface area contributed by atoms with E-state index in [-0.39, 0.29) is 43.7 Å². The molecule has 0 radical (unpaired) electrons. The zero-order valence-corrected chi connectivity index (χ0v) is 19.1. The molecule has 1 heterocycles. The minimum atomic E-state index is -0.521. The molecule has 0 atom stereocenters. The number of hydrogen-bond acceptors (Lipinski definition) is 7. The highest BCUT2D eigenvalue weighted by molar-refractivity contribution is 6.21. The molecule has 1 aromatic carbocycles. The molecule has 176 valence electrons. The molecule has 0 bridgehead atoms. The van der Waals surface area contributed by atoms with E-state index in [2.05, 4.69) is 10.6 Å². The Morgan fingerprint density at radius 3 is 1.69 bits per heavy atom. The first kappa shape index (κ1) is 25.1. The van der Waals surface area contributed by atoms with Crippen molar-refractivity contribution in [2.45, 2.75) is 39.8 Å². The predicted molar refractivity (Wildman–Crippen MR) is 117 cm³/mol. The van der Waals surface area contributed by atoms with Crippen molar-refractivity contribution in [3.05, 3.63) is 35.4 Å². The number of amides is 4. The number of nitrogens with zero attached hydrogens (tertiary/aromatic N) is 2. The third-order valence-electron chi connectivity index (χ3n) is 4.61. The molecule has 1 aliphatic rings. The number of carbonyl (C=O) groups is 4. The van der Waals surface area contributed by atoms with E-state index in [0.29, 0.717) is 30.8 Å². The van der Waals surface area contributed by atoms with E-state index in [4.69, 9.17) is 9.47 Å². The van der Waals surface area contributed by atoms with Crippen LogP contribution in [-0.2, 0) is 9.47 Å². The molecule has 2 rings (SSSR count). The highest BCUT2D eigenvalue weighted by Crippen LogP contribution is 2.22. The zero-order valence-electron chi connectivity index (χ0n) is 19.1. The Kier molecular flexibility index (Phi) is 9.45. The molecule has 0 saturated heterocycles. The fourth-order valence-electron chi connectivity index (χ4n) is 3.11. The molecule has 0 aromatic heterocycles. The summed E-state index contributed by atoms with van der Waals surface area (Å²) in [6.07, 6.45) is -1.04. The average Bonchev–Trinajstić information content (AvgIpc) is 2.95. The Morgan fingerprint density at radius 1 is 0.844 bits per heavy atom. The van der Waals surface area contributed by atoms with Crippen LogP contribution < -0.4 is 10.6 Å². The van der Waals surface area contributed by atoms with Gasteiger partial charge in [0, 0.05) is 38.3 Å². The maximum Gasteiger partial charge on any atom is 0.407 e. The van der Waals surface area contributed by atoms with E-state index in [1.54, 1.807) is 24.3 Å². The van der Waals surface area contributed by atoms with Crippen LogP contribution >= 0.6 is 0 Å². The molecule has 2 N–H and O–H groups in total. The van der Waals surface area contributed by atoms with Gasteiger partial charge in [0.15, 0.2) is 0 Å². The second-order valence-corrected chi connectivity index (χ2v) is 8.02. The molecule has 10 heteroatoms. The van der Waals surface area contributed by atoms with Crippen LogP contribution in [0.4, 0.5) is 9.59 Å². The lowest BCUT2D eigenvalue weighted by molar-refractivity contribution is 0.0621. The summed E-state index contributed by atoms with van der Waals surface area (Å²) in [5.41, 5.74) is 0.790. The van der Waals surface area contributed by atoms with E-state index in [1.165, 1.54) is 4.90 Å². The number of carbonyl (C=O) groups excluding carboxylic acids is 4. The van der Waals surface area contributed by atoms with Crippen LogP contribution in [0.3, 0.4) is 0 Å². The minimum absolute atomic E-state index is 0.0414. The topological polar surface area (TPSA) is 117 Å². The van der Waals surface area contributed by atoms with E-state index < -0.39 is 12.2 Å². The average molecular weight is 449 g/mol. The highest BCUT2D eigenvalue weighted by atomic mass is 16.6. The summed E-state index contributed by atoms with van der Waals surface area (Å²) >= 11 is 0. The first-order valence-corrected chi connectivity index (χ1v) is 10.7. The van der Waals surface area contributed by atoms with Crippen molar-refractivity contribution in [2.75, 3.05) is 39.4 Å².